The number of thiophene rings is 1. The number of nitrogens with one attached hydrogen (secondary N) is 1. The van der Waals surface area contributed by atoms with Gasteiger partial charge in [-0.05, 0) is 54.2 Å². The van der Waals surface area contributed by atoms with E-state index in [9.17, 15) is 0 Å². The zero-order valence-electron chi connectivity index (χ0n) is 10.9. The monoisotopic (exact) mass is 275 g/mol. The molecule has 1 aromatic carbocycles. The fourth-order valence-corrected chi connectivity index (χ4v) is 3.34. The van der Waals surface area contributed by atoms with Crippen molar-refractivity contribution in [1.29, 1.82) is 0 Å². The van der Waals surface area contributed by atoms with E-state index in [2.05, 4.69) is 16.8 Å². The van der Waals surface area contributed by atoms with Gasteiger partial charge in [-0.1, -0.05) is 0 Å². The van der Waals surface area contributed by atoms with E-state index in [1.54, 1.807) is 7.11 Å². The first-order chi connectivity index (χ1) is 9.36. The molecule has 19 heavy (non-hydrogen) atoms. The predicted molar refractivity (Wildman–Crippen MR) is 77.3 cm³/mol. The summed E-state index contributed by atoms with van der Waals surface area (Å²) in [5.41, 5.74) is 1.46. The van der Waals surface area contributed by atoms with Crippen molar-refractivity contribution in [1.82, 2.24) is 5.32 Å². The van der Waals surface area contributed by atoms with Gasteiger partial charge < -0.3 is 14.8 Å². The van der Waals surface area contributed by atoms with E-state index < -0.39 is 0 Å². The van der Waals surface area contributed by atoms with Crippen LogP contribution in [-0.2, 0) is 6.42 Å². The minimum atomic E-state index is 0.311. The van der Waals surface area contributed by atoms with Crippen LogP contribution in [0.3, 0.4) is 0 Å². The molecule has 0 fully saturated rings. The molecule has 4 heteroatoms. The Labute approximate surface area is 117 Å². The van der Waals surface area contributed by atoms with Crippen molar-refractivity contribution in [3.63, 3.8) is 0 Å². The summed E-state index contributed by atoms with van der Waals surface area (Å²) in [6, 6.07) is 10.3. The first-order valence-electron chi connectivity index (χ1n) is 6.43. The number of rotatable bonds is 4. The summed E-state index contributed by atoms with van der Waals surface area (Å²) in [5, 5.41) is 5.68. The van der Waals surface area contributed by atoms with Crippen LogP contribution in [0.15, 0.2) is 35.7 Å². The molecule has 0 bridgehead atoms. The third-order valence-corrected chi connectivity index (χ3v) is 4.43. The maximum atomic E-state index is 5.86. The van der Waals surface area contributed by atoms with Gasteiger partial charge in [-0.3, -0.25) is 0 Å². The van der Waals surface area contributed by atoms with Gasteiger partial charge in [0.2, 0.25) is 0 Å². The van der Waals surface area contributed by atoms with Crippen LogP contribution in [-0.4, -0.2) is 20.3 Å². The van der Waals surface area contributed by atoms with E-state index >= 15 is 0 Å². The van der Waals surface area contributed by atoms with Crippen LogP contribution in [0.25, 0.3) is 0 Å². The predicted octanol–water partition coefficient (Wildman–Crippen LogP) is 3.02. The third-order valence-electron chi connectivity index (χ3n) is 3.36. The van der Waals surface area contributed by atoms with Crippen molar-refractivity contribution < 1.29 is 9.47 Å². The zero-order valence-corrected chi connectivity index (χ0v) is 11.7. The summed E-state index contributed by atoms with van der Waals surface area (Å²) < 4.78 is 11.0. The minimum Gasteiger partial charge on any atom is -0.497 e. The highest BCUT2D eigenvalue weighted by Gasteiger charge is 2.21. The molecule has 0 spiro atoms. The van der Waals surface area contributed by atoms with Crippen LogP contribution < -0.4 is 14.8 Å². The quantitative estimate of drug-likeness (QED) is 0.930. The average Bonchev–Trinajstić information content (AvgIpc) is 2.94. The highest BCUT2D eigenvalue weighted by molar-refractivity contribution is 7.10. The Hall–Kier alpha value is -1.52. The molecule has 1 aliphatic heterocycles. The van der Waals surface area contributed by atoms with Crippen LogP contribution in [0.1, 0.15) is 16.5 Å². The van der Waals surface area contributed by atoms with Crippen LogP contribution in [0.2, 0.25) is 0 Å². The average molecular weight is 275 g/mol. The fourth-order valence-electron chi connectivity index (χ4n) is 2.32. The molecule has 3 nitrogen and oxygen atoms in total. The van der Waals surface area contributed by atoms with Gasteiger partial charge in [-0.2, -0.15) is 0 Å². The molecule has 0 radical (unpaired) electrons. The van der Waals surface area contributed by atoms with Gasteiger partial charge in [0.25, 0.3) is 0 Å². The number of ether oxygens (including phenoxy) is 2. The first-order valence-corrected chi connectivity index (χ1v) is 7.31. The summed E-state index contributed by atoms with van der Waals surface area (Å²) in [4.78, 5) is 1.42. The molecule has 100 valence electrons. The molecule has 1 aromatic heterocycles. The van der Waals surface area contributed by atoms with Crippen LogP contribution in [0, 0.1) is 0 Å². The van der Waals surface area contributed by atoms with Crippen molar-refractivity contribution in [3.8, 4) is 11.5 Å². The maximum absolute atomic E-state index is 5.86. The van der Waals surface area contributed by atoms with Gasteiger partial charge in [-0.25, -0.2) is 0 Å². The standard InChI is InChI=1S/C15H17NO2S/c1-17-12-2-4-13(5-3-12)18-10-14-15-11(6-8-16-14)7-9-19-15/h2-5,7,9,14,16H,6,8,10H2,1H3. The number of methoxy groups -OCH3 is 1. The van der Waals surface area contributed by atoms with Crippen LogP contribution in [0.4, 0.5) is 0 Å². The second-order valence-electron chi connectivity index (χ2n) is 4.55. The minimum absolute atomic E-state index is 0.311. The summed E-state index contributed by atoms with van der Waals surface area (Å²) in [5.74, 6) is 1.73. The lowest BCUT2D eigenvalue weighted by Gasteiger charge is -2.24. The highest BCUT2D eigenvalue weighted by Crippen LogP contribution is 2.29. The summed E-state index contributed by atoms with van der Waals surface area (Å²) in [7, 11) is 1.67. The Balaban J connectivity index is 1.64. The molecule has 3 rings (SSSR count). The van der Waals surface area contributed by atoms with Gasteiger partial charge in [0.05, 0.1) is 13.2 Å². The van der Waals surface area contributed by atoms with E-state index in [1.165, 1.54) is 10.4 Å². The van der Waals surface area contributed by atoms with Crippen LogP contribution >= 0.6 is 11.3 Å². The lowest BCUT2D eigenvalue weighted by atomic mass is 10.0. The van der Waals surface area contributed by atoms with Gasteiger partial charge in [0, 0.05) is 4.88 Å². The Morgan fingerprint density at radius 2 is 2.00 bits per heavy atom. The maximum Gasteiger partial charge on any atom is 0.119 e. The number of fused-ring (bicyclic) bond motifs is 1. The third kappa shape index (κ3) is 2.74. The molecule has 2 heterocycles. The van der Waals surface area contributed by atoms with Gasteiger partial charge in [0.15, 0.2) is 0 Å². The molecular formula is C15H17NO2S. The number of hydrogen-bond acceptors (Lipinski definition) is 4. The van der Waals surface area contributed by atoms with E-state index in [4.69, 9.17) is 9.47 Å². The molecule has 1 N–H and O–H groups in total. The summed E-state index contributed by atoms with van der Waals surface area (Å²) in [6.07, 6.45) is 1.12. The second kappa shape index (κ2) is 5.63. The van der Waals surface area contributed by atoms with Gasteiger partial charge >= 0.3 is 0 Å². The van der Waals surface area contributed by atoms with Crippen LogP contribution in [0.5, 0.6) is 11.5 Å². The lowest BCUT2D eigenvalue weighted by Crippen LogP contribution is -2.32. The molecular weight excluding hydrogens is 258 g/mol. The fraction of sp³-hybridized carbons (Fsp3) is 0.333. The molecule has 0 aliphatic carbocycles. The molecule has 0 saturated heterocycles. The van der Waals surface area contributed by atoms with E-state index in [0.717, 1.165) is 24.5 Å². The van der Waals surface area contributed by atoms with Crippen molar-refractivity contribution in [2.24, 2.45) is 0 Å². The molecule has 1 atom stereocenters. The van der Waals surface area contributed by atoms with E-state index in [0.29, 0.717) is 12.6 Å². The Morgan fingerprint density at radius 1 is 1.21 bits per heavy atom. The number of hydrogen-bond donors (Lipinski definition) is 1. The molecule has 0 amide bonds. The summed E-state index contributed by atoms with van der Waals surface area (Å²) in [6.45, 7) is 1.69. The Bertz CT molecular complexity index is 535. The van der Waals surface area contributed by atoms with E-state index in [1.807, 2.05) is 35.6 Å². The highest BCUT2D eigenvalue weighted by atomic mass is 32.1. The van der Waals surface area contributed by atoms with Crippen molar-refractivity contribution in [3.05, 3.63) is 46.2 Å². The Kier molecular flexibility index (Phi) is 3.71. The second-order valence-corrected chi connectivity index (χ2v) is 5.50. The number of benzene rings is 1. The molecule has 0 saturated carbocycles. The van der Waals surface area contributed by atoms with E-state index in [-0.39, 0.29) is 0 Å². The first kappa shape index (κ1) is 12.5. The van der Waals surface area contributed by atoms with Crippen molar-refractivity contribution in [2.75, 3.05) is 20.3 Å². The smallest absolute Gasteiger partial charge is 0.119 e. The topological polar surface area (TPSA) is 30.5 Å². The summed E-state index contributed by atoms with van der Waals surface area (Å²) >= 11 is 1.81. The largest absolute Gasteiger partial charge is 0.497 e. The Morgan fingerprint density at radius 3 is 2.79 bits per heavy atom. The normalized spacial score (nSPS) is 17.8. The van der Waals surface area contributed by atoms with Gasteiger partial charge in [-0.15, -0.1) is 11.3 Å². The van der Waals surface area contributed by atoms with Crippen molar-refractivity contribution >= 4 is 11.3 Å². The van der Waals surface area contributed by atoms with Crippen molar-refractivity contribution in [2.45, 2.75) is 12.5 Å². The molecule has 1 aliphatic rings. The molecule has 1 unspecified atom stereocenters. The SMILES string of the molecule is COc1ccc(OCC2NCCc3ccsc32)cc1. The van der Waals surface area contributed by atoms with Gasteiger partial charge in [0.1, 0.15) is 18.1 Å². The molecule has 2 aromatic rings. The lowest BCUT2D eigenvalue weighted by molar-refractivity contribution is 0.263. The zero-order chi connectivity index (χ0) is 13.1.